The largest absolute Gasteiger partial charge is 0.489 e. The van der Waals surface area contributed by atoms with Gasteiger partial charge in [-0.3, -0.25) is 0 Å². The third-order valence-electron chi connectivity index (χ3n) is 5.62. The molecule has 0 bridgehead atoms. The molecule has 6 heteroatoms. The molecular weight excluding hydrogens is 434 g/mol. The van der Waals surface area contributed by atoms with Crippen LogP contribution in [0.3, 0.4) is 0 Å². The van der Waals surface area contributed by atoms with E-state index in [1.165, 1.54) is 0 Å². The van der Waals surface area contributed by atoms with Gasteiger partial charge in [0, 0.05) is 30.9 Å². The summed E-state index contributed by atoms with van der Waals surface area (Å²) in [4.78, 5) is 13.6. The third-order valence-corrected chi connectivity index (χ3v) is 5.62. The zero-order chi connectivity index (χ0) is 23.7. The topological polar surface area (TPSA) is 64.9 Å². The molecule has 0 spiro atoms. The minimum atomic E-state index is 0.555. The fourth-order valence-electron chi connectivity index (χ4n) is 3.78. The van der Waals surface area contributed by atoms with E-state index in [9.17, 15) is 0 Å². The summed E-state index contributed by atoms with van der Waals surface area (Å²) in [5.41, 5.74) is 3.13. The van der Waals surface area contributed by atoms with E-state index in [0.717, 1.165) is 53.1 Å². The molecular formula is C29H27N5O. The van der Waals surface area contributed by atoms with Gasteiger partial charge in [-0.25, -0.2) is 15.0 Å². The van der Waals surface area contributed by atoms with Crippen LogP contribution in [0, 0.1) is 0 Å². The van der Waals surface area contributed by atoms with E-state index >= 15 is 0 Å². The fraction of sp³-hybridized carbons (Fsp3) is 0.138. The maximum Gasteiger partial charge on any atom is 0.154 e. The Bertz CT molecular complexity index is 1380. The van der Waals surface area contributed by atoms with Gasteiger partial charge in [-0.1, -0.05) is 60.7 Å². The molecule has 0 aliphatic carbocycles. The van der Waals surface area contributed by atoms with Crippen LogP contribution < -0.4 is 10.1 Å². The lowest BCUT2D eigenvalue weighted by Gasteiger charge is -2.10. The van der Waals surface area contributed by atoms with Gasteiger partial charge in [0.25, 0.3) is 0 Å². The van der Waals surface area contributed by atoms with Crippen LogP contribution in [0.5, 0.6) is 5.75 Å². The molecule has 5 rings (SSSR count). The summed E-state index contributed by atoms with van der Waals surface area (Å²) in [5.74, 6) is 2.37. The molecule has 2 aromatic heterocycles. The normalized spacial score (nSPS) is 11.2. The average Bonchev–Trinajstić information content (AvgIpc) is 3.43. The van der Waals surface area contributed by atoms with E-state index < -0.39 is 0 Å². The molecule has 1 N–H and O–H groups in total. The molecule has 0 aliphatic rings. The Morgan fingerprint density at radius 3 is 2.51 bits per heavy atom. The number of benzene rings is 3. The van der Waals surface area contributed by atoms with Crippen LogP contribution in [0.15, 0.2) is 97.6 Å². The van der Waals surface area contributed by atoms with Crippen molar-refractivity contribution in [2.24, 2.45) is 0 Å². The smallest absolute Gasteiger partial charge is 0.154 e. The standard InChI is InChI=1S/C29H27N5O/c1-2-7-24(8-3-1)21-35-25-14-11-23(12-15-25)13-16-28-32-27-10-5-4-9-26(27)29(33-28)31-17-6-19-34-20-18-30-22-34/h1-5,7-16,18,20,22H,6,17,19,21H2,(H,31,32,33)/b16-13+. The molecule has 5 aromatic rings. The number of fused-ring (bicyclic) bond motifs is 1. The summed E-state index contributed by atoms with van der Waals surface area (Å²) in [6.07, 6.45) is 10.6. The second-order valence-corrected chi connectivity index (χ2v) is 8.21. The molecule has 0 fully saturated rings. The van der Waals surface area contributed by atoms with Crippen molar-refractivity contribution in [1.29, 1.82) is 0 Å². The number of nitrogens with zero attached hydrogens (tertiary/aromatic N) is 4. The lowest BCUT2D eigenvalue weighted by atomic mass is 10.2. The number of ether oxygens (including phenoxy) is 1. The van der Waals surface area contributed by atoms with Crippen molar-refractivity contribution < 1.29 is 4.74 Å². The van der Waals surface area contributed by atoms with Gasteiger partial charge in [-0.05, 0) is 47.9 Å². The summed E-state index contributed by atoms with van der Waals surface area (Å²) in [6, 6.07) is 26.3. The van der Waals surface area contributed by atoms with Crippen LogP contribution >= 0.6 is 0 Å². The van der Waals surface area contributed by atoms with Crippen molar-refractivity contribution in [1.82, 2.24) is 19.5 Å². The first-order chi connectivity index (χ1) is 17.3. The van der Waals surface area contributed by atoms with Gasteiger partial charge < -0.3 is 14.6 Å². The summed E-state index contributed by atoms with van der Waals surface area (Å²) in [5, 5.41) is 4.51. The predicted molar refractivity (Wildman–Crippen MR) is 141 cm³/mol. The van der Waals surface area contributed by atoms with Gasteiger partial charge in [0.15, 0.2) is 5.82 Å². The minimum Gasteiger partial charge on any atom is -0.489 e. The molecule has 0 radical (unpaired) electrons. The van der Waals surface area contributed by atoms with Crippen LogP contribution in [0.2, 0.25) is 0 Å². The third kappa shape index (κ3) is 6.12. The van der Waals surface area contributed by atoms with Crippen LogP contribution in [0.1, 0.15) is 23.4 Å². The number of imidazole rings is 1. The zero-order valence-corrected chi connectivity index (χ0v) is 19.4. The Morgan fingerprint density at radius 1 is 0.857 bits per heavy atom. The number of para-hydroxylation sites is 1. The SMILES string of the molecule is C(=C\c1nc(NCCCn2ccnc2)c2ccccc2n1)/c1ccc(OCc2ccccc2)cc1. The van der Waals surface area contributed by atoms with Crippen LogP contribution in [0.25, 0.3) is 23.1 Å². The number of anilines is 1. The molecule has 0 aliphatic heterocycles. The average molecular weight is 462 g/mol. The quantitative estimate of drug-likeness (QED) is 0.255. The maximum atomic E-state index is 5.88. The van der Waals surface area contributed by atoms with Crippen LogP contribution in [0.4, 0.5) is 5.82 Å². The number of aryl methyl sites for hydroxylation is 1. The Hall–Kier alpha value is -4.45. The van der Waals surface area contributed by atoms with E-state index in [2.05, 4.69) is 33.1 Å². The van der Waals surface area contributed by atoms with E-state index in [0.29, 0.717) is 12.4 Å². The van der Waals surface area contributed by atoms with E-state index in [1.807, 2.05) is 85.3 Å². The van der Waals surface area contributed by atoms with Crippen molar-refractivity contribution in [2.45, 2.75) is 19.6 Å². The molecule has 0 amide bonds. The first kappa shape index (κ1) is 22.3. The Morgan fingerprint density at radius 2 is 1.69 bits per heavy atom. The molecule has 3 aromatic carbocycles. The second kappa shape index (κ2) is 11.1. The Labute approximate surface area is 205 Å². The van der Waals surface area contributed by atoms with Crippen molar-refractivity contribution in [3.63, 3.8) is 0 Å². The summed E-state index contributed by atoms with van der Waals surface area (Å²) in [6.45, 7) is 2.28. The fourth-order valence-corrected chi connectivity index (χ4v) is 3.78. The van der Waals surface area contributed by atoms with Gasteiger partial charge in [-0.15, -0.1) is 0 Å². The van der Waals surface area contributed by atoms with Crippen molar-refractivity contribution >= 4 is 28.9 Å². The number of aromatic nitrogens is 4. The predicted octanol–water partition coefficient (Wildman–Crippen LogP) is 6.08. The maximum absolute atomic E-state index is 5.88. The van der Waals surface area contributed by atoms with Crippen molar-refractivity contribution in [3.05, 3.63) is 115 Å². The van der Waals surface area contributed by atoms with Crippen molar-refractivity contribution in [2.75, 3.05) is 11.9 Å². The van der Waals surface area contributed by atoms with Crippen LogP contribution in [-0.4, -0.2) is 26.1 Å². The minimum absolute atomic E-state index is 0.555. The lowest BCUT2D eigenvalue weighted by Crippen LogP contribution is -2.08. The number of nitrogens with one attached hydrogen (secondary N) is 1. The van der Waals surface area contributed by atoms with Crippen molar-refractivity contribution in [3.8, 4) is 5.75 Å². The molecule has 0 unspecified atom stereocenters. The molecule has 35 heavy (non-hydrogen) atoms. The van der Waals surface area contributed by atoms with E-state index in [1.54, 1.807) is 6.20 Å². The highest BCUT2D eigenvalue weighted by molar-refractivity contribution is 5.90. The number of rotatable bonds is 10. The molecule has 0 atom stereocenters. The monoisotopic (exact) mass is 461 g/mol. The highest BCUT2D eigenvalue weighted by Crippen LogP contribution is 2.21. The Kier molecular flexibility index (Phi) is 7.10. The van der Waals surface area contributed by atoms with E-state index in [-0.39, 0.29) is 0 Å². The first-order valence-corrected chi connectivity index (χ1v) is 11.7. The number of hydrogen-bond donors (Lipinski definition) is 1. The van der Waals surface area contributed by atoms with Crippen LogP contribution in [-0.2, 0) is 13.2 Å². The Balaban J connectivity index is 1.24. The zero-order valence-electron chi connectivity index (χ0n) is 19.4. The summed E-state index contributed by atoms with van der Waals surface area (Å²) < 4.78 is 7.96. The van der Waals surface area contributed by atoms with E-state index in [4.69, 9.17) is 14.7 Å². The van der Waals surface area contributed by atoms with Gasteiger partial charge in [0.05, 0.1) is 11.8 Å². The lowest BCUT2D eigenvalue weighted by molar-refractivity contribution is 0.306. The summed E-state index contributed by atoms with van der Waals surface area (Å²) >= 11 is 0. The second-order valence-electron chi connectivity index (χ2n) is 8.21. The molecule has 6 nitrogen and oxygen atoms in total. The first-order valence-electron chi connectivity index (χ1n) is 11.7. The molecule has 2 heterocycles. The van der Waals surface area contributed by atoms with Gasteiger partial charge in [-0.2, -0.15) is 0 Å². The number of hydrogen-bond acceptors (Lipinski definition) is 5. The molecule has 174 valence electrons. The van der Waals surface area contributed by atoms with Gasteiger partial charge in [0.1, 0.15) is 18.2 Å². The molecule has 0 saturated heterocycles. The van der Waals surface area contributed by atoms with Gasteiger partial charge >= 0.3 is 0 Å². The molecule has 0 saturated carbocycles. The highest BCUT2D eigenvalue weighted by Gasteiger charge is 2.06. The highest BCUT2D eigenvalue weighted by atomic mass is 16.5. The van der Waals surface area contributed by atoms with Gasteiger partial charge in [0.2, 0.25) is 0 Å². The summed E-state index contributed by atoms with van der Waals surface area (Å²) in [7, 11) is 0.